The van der Waals surface area contributed by atoms with Crippen molar-refractivity contribution in [1.29, 1.82) is 0 Å². The summed E-state index contributed by atoms with van der Waals surface area (Å²) in [5.74, 6) is 0.931. The number of piperazine rings is 1. The van der Waals surface area contributed by atoms with Crippen LogP contribution in [0.25, 0.3) is 0 Å². The van der Waals surface area contributed by atoms with Crippen molar-refractivity contribution in [3.63, 3.8) is 0 Å². The fourth-order valence-corrected chi connectivity index (χ4v) is 3.74. The van der Waals surface area contributed by atoms with Crippen LogP contribution in [0.1, 0.15) is 37.5 Å². The predicted molar refractivity (Wildman–Crippen MR) is 117 cm³/mol. The summed E-state index contributed by atoms with van der Waals surface area (Å²) in [7, 11) is 0. The van der Waals surface area contributed by atoms with Gasteiger partial charge in [0.2, 0.25) is 0 Å². The first kappa shape index (κ1) is 21.7. The second-order valence-electron chi connectivity index (χ2n) is 7.71. The molecule has 2 rings (SSSR count). The zero-order valence-electron chi connectivity index (χ0n) is 18.0. The summed E-state index contributed by atoms with van der Waals surface area (Å²) in [4.78, 5) is 9.92. The van der Waals surface area contributed by atoms with E-state index >= 15 is 0 Å². The fourth-order valence-electron chi connectivity index (χ4n) is 3.74. The van der Waals surface area contributed by atoms with Gasteiger partial charge in [-0.3, -0.25) is 9.89 Å². The lowest BCUT2D eigenvalue weighted by molar-refractivity contribution is 0.109. The molecule has 0 aromatic heterocycles. The molecule has 0 aliphatic carbocycles. The summed E-state index contributed by atoms with van der Waals surface area (Å²) in [6.07, 6.45) is 1.02. The first-order valence-electron chi connectivity index (χ1n) is 10.6. The number of aliphatic imine (C=N–C) groups is 1. The number of hydrogen-bond donors (Lipinski definition) is 2. The van der Waals surface area contributed by atoms with Crippen molar-refractivity contribution in [3.8, 4) is 0 Å². The Labute approximate surface area is 166 Å². The molecule has 0 amide bonds. The van der Waals surface area contributed by atoms with E-state index in [0.29, 0.717) is 6.04 Å². The third-order valence-corrected chi connectivity index (χ3v) is 5.32. The molecule has 5 nitrogen and oxygen atoms in total. The van der Waals surface area contributed by atoms with Gasteiger partial charge in [-0.05, 0) is 46.2 Å². The maximum Gasteiger partial charge on any atom is 0.191 e. The number of likely N-dealkylation sites (N-methyl/N-ethyl adjacent to an activating group) is 1. The maximum atomic E-state index is 4.83. The Morgan fingerprint density at radius 2 is 1.70 bits per heavy atom. The van der Waals surface area contributed by atoms with Crippen LogP contribution in [0, 0.1) is 13.8 Å². The van der Waals surface area contributed by atoms with Crippen LogP contribution in [0.5, 0.6) is 0 Å². The summed E-state index contributed by atoms with van der Waals surface area (Å²) in [5.41, 5.74) is 4.06. The highest BCUT2D eigenvalue weighted by Crippen LogP contribution is 2.09. The minimum Gasteiger partial charge on any atom is -0.357 e. The van der Waals surface area contributed by atoms with Crippen molar-refractivity contribution in [3.05, 3.63) is 34.9 Å². The van der Waals surface area contributed by atoms with E-state index < -0.39 is 0 Å². The van der Waals surface area contributed by atoms with Crippen LogP contribution < -0.4 is 10.6 Å². The second kappa shape index (κ2) is 11.3. The van der Waals surface area contributed by atoms with E-state index in [1.165, 1.54) is 29.8 Å². The highest BCUT2D eigenvalue weighted by atomic mass is 15.3. The monoisotopic (exact) mass is 373 g/mol. The average molecular weight is 374 g/mol. The lowest BCUT2D eigenvalue weighted by Crippen LogP contribution is -2.50. The number of rotatable bonds is 8. The molecule has 1 aromatic carbocycles. The molecule has 1 aliphatic heterocycles. The Morgan fingerprint density at radius 1 is 1.04 bits per heavy atom. The highest BCUT2D eigenvalue weighted by Gasteiger charge is 2.19. The number of aryl methyl sites for hydroxylation is 2. The summed E-state index contributed by atoms with van der Waals surface area (Å²) in [6, 6.07) is 7.26. The minimum absolute atomic E-state index is 0.485. The Hall–Kier alpha value is -1.59. The maximum absolute atomic E-state index is 4.83. The van der Waals surface area contributed by atoms with Crippen molar-refractivity contribution >= 4 is 5.96 Å². The van der Waals surface area contributed by atoms with E-state index in [0.717, 1.165) is 51.6 Å². The molecule has 27 heavy (non-hydrogen) atoms. The quantitative estimate of drug-likeness (QED) is 0.543. The van der Waals surface area contributed by atoms with E-state index in [9.17, 15) is 0 Å². The molecule has 1 aromatic rings. The second-order valence-corrected chi connectivity index (χ2v) is 7.71. The molecular formula is C22H39N5. The Morgan fingerprint density at radius 3 is 2.30 bits per heavy atom. The Balaban J connectivity index is 1.80. The molecule has 1 saturated heterocycles. The number of guanidine groups is 1. The van der Waals surface area contributed by atoms with Gasteiger partial charge in [0.15, 0.2) is 5.96 Å². The molecule has 0 saturated carbocycles. The van der Waals surface area contributed by atoms with Gasteiger partial charge in [-0.2, -0.15) is 0 Å². The topological polar surface area (TPSA) is 42.9 Å². The van der Waals surface area contributed by atoms with Crippen molar-refractivity contribution in [2.45, 2.75) is 47.1 Å². The molecule has 152 valence electrons. The zero-order valence-corrected chi connectivity index (χ0v) is 18.0. The molecule has 1 atom stereocenters. The van der Waals surface area contributed by atoms with Gasteiger partial charge in [-0.1, -0.05) is 36.2 Å². The first-order chi connectivity index (χ1) is 13.0. The van der Waals surface area contributed by atoms with Crippen LogP contribution >= 0.6 is 0 Å². The number of benzene rings is 1. The molecular weight excluding hydrogens is 334 g/mol. The lowest BCUT2D eigenvalue weighted by Gasteiger charge is -2.37. The van der Waals surface area contributed by atoms with E-state index in [2.05, 4.69) is 73.3 Å². The molecule has 1 heterocycles. The molecule has 2 N–H and O–H groups in total. The van der Waals surface area contributed by atoms with Gasteiger partial charge < -0.3 is 15.5 Å². The van der Waals surface area contributed by atoms with E-state index in [1.54, 1.807) is 0 Å². The normalized spacial score (nSPS) is 17.7. The van der Waals surface area contributed by atoms with Gasteiger partial charge >= 0.3 is 0 Å². The summed E-state index contributed by atoms with van der Waals surface area (Å²) in [5, 5.41) is 6.87. The third-order valence-electron chi connectivity index (χ3n) is 5.32. The molecule has 0 bridgehead atoms. The standard InChI is InChI=1S/C22H39N5/c1-6-23-22(24-9-8-21-15-18(3)14-19(4)16-21)25-17-20(5)27-12-10-26(7-2)11-13-27/h14-16,20H,6-13,17H2,1-5H3,(H2,23,24,25). The summed E-state index contributed by atoms with van der Waals surface area (Å²) >= 11 is 0. The third kappa shape index (κ3) is 7.51. The van der Waals surface area contributed by atoms with Crippen molar-refractivity contribution < 1.29 is 0 Å². The first-order valence-corrected chi connectivity index (χ1v) is 10.6. The summed E-state index contributed by atoms with van der Waals surface area (Å²) in [6.45, 7) is 19.4. The van der Waals surface area contributed by atoms with Crippen molar-refractivity contribution in [2.24, 2.45) is 4.99 Å². The van der Waals surface area contributed by atoms with Crippen LogP contribution in [0.15, 0.2) is 23.2 Å². The molecule has 1 aliphatic rings. The van der Waals surface area contributed by atoms with Gasteiger partial charge in [0.1, 0.15) is 0 Å². The fraction of sp³-hybridized carbons (Fsp3) is 0.682. The smallest absolute Gasteiger partial charge is 0.191 e. The van der Waals surface area contributed by atoms with Crippen LogP contribution in [-0.4, -0.2) is 74.2 Å². The van der Waals surface area contributed by atoms with Gasteiger partial charge in [-0.15, -0.1) is 0 Å². The van der Waals surface area contributed by atoms with E-state index in [1.807, 2.05) is 0 Å². The van der Waals surface area contributed by atoms with Gasteiger partial charge in [0.25, 0.3) is 0 Å². The lowest BCUT2D eigenvalue weighted by atomic mass is 10.1. The minimum atomic E-state index is 0.485. The molecule has 0 spiro atoms. The zero-order chi connectivity index (χ0) is 19.6. The van der Waals surface area contributed by atoms with Crippen LogP contribution in [0.3, 0.4) is 0 Å². The molecule has 5 heteroatoms. The van der Waals surface area contributed by atoms with Gasteiger partial charge in [0.05, 0.1) is 6.54 Å². The Bertz CT molecular complexity index is 570. The number of nitrogens with one attached hydrogen (secondary N) is 2. The number of hydrogen-bond acceptors (Lipinski definition) is 3. The highest BCUT2D eigenvalue weighted by molar-refractivity contribution is 5.79. The van der Waals surface area contributed by atoms with Crippen LogP contribution in [-0.2, 0) is 6.42 Å². The van der Waals surface area contributed by atoms with Crippen molar-refractivity contribution in [1.82, 2.24) is 20.4 Å². The average Bonchev–Trinajstić information content (AvgIpc) is 2.65. The predicted octanol–water partition coefficient (Wildman–Crippen LogP) is 2.43. The van der Waals surface area contributed by atoms with Gasteiger partial charge in [-0.25, -0.2) is 0 Å². The SMILES string of the molecule is CCNC(=NCC(C)N1CCN(CC)CC1)NCCc1cc(C)cc(C)c1. The van der Waals surface area contributed by atoms with Gasteiger partial charge in [0, 0.05) is 45.3 Å². The van der Waals surface area contributed by atoms with E-state index in [-0.39, 0.29) is 0 Å². The Kier molecular flexibility index (Phi) is 9.08. The van der Waals surface area contributed by atoms with E-state index in [4.69, 9.17) is 4.99 Å². The van der Waals surface area contributed by atoms with Crippen LogP contribution in [0.4, 0.5) is 0 Å². The number of nitrogens with zero attached hydrogens (tertiary/aromatic N) is 3. The molecule has 0 radical (unpaired) electrons. The molecule has 1 unspecified atom stereocenters. The van der Waals surface area contributed by atoms with Crippen molar-refractivity contribution in [2.75, 3.05) is 52.4 Å². The summed E-state index contributed by atoms with van der Waals surface area (Å²) < 4.78 is 0. The largest absolute Gasteiger partial charge is 0.357 e. The van der Waals surface area contributed by atoms with Crippen LogP contribution in [0.2, 0.25) is 0 Å². The molecule has 1 fully saturated rings.